The van der Waals surface area contributed by atoms with Crippen LogP contribution in [0.25, 0.3) is 22.0 Å². The maximum atomic E-state index is 11.6. The Kier molecular flexibility index (Phi) is 5.03. The van der Waals surface area contributed by atoms with Crippen molar-refractivity contribution in [3.63, 3.8) is 0 Å². The number of ether oxygens (including phenoxy) is 2. The molecule has 0 aliphatic heterocycles. The van der Waals surface area contributed by atoms with Gasteiger partial charge in [0.15, 0.2) is 0 Å². The van der Waals surface area contributed by atoms with Crippen molar-refractivity contribution in [2.75, 3.05) is 7.11 Å². The van der Waals surface area contributed by atoms with E-state index in [2.05, 4.69) is 15.0 Å². The third kappa shape index (κ3) is 3.84. The van der Waals surface area contributed by atoms with Crippen LogP contribution in [0.2, 0.25) is 0 Å². The Morgan fingerprint density at radius 2 is 1.83 bits per heavy atom. The molecule has 0 radical (unpaired) electrons. The van der Waals surface area contributed by atoms with Gasteiger partial charge in [0, 0.05) is 35.6 Å². The van der Waals surface area contributed by atoms with Gasteiger partial charge in [0.2, 0.25) is 5.88 Å². The van der Waals surface area contributed by atoms with Crippen molar-refractivity contribution in [2.45, 2.75) is 6.61 Å². The fraction of sp³-hybridized carbons (Fsp3) is 0.0909. The van der Waals surface area contributed by atoms with Crippen molar-refractivity contribution >= 4 is 16.8 Å². The van der Waals surface area contributed by atoms with Gasteiger partial charge in [-0.1, -0.05) is 0 Å². The lowest BCUT2D eigenvalue weighted by atomic mass is 10.0. The van der Waals surface area contributed by atoms with Crippen LogP contribution in [-0.4, -0.2) is 28.0 Å². The summed E-state index contributed by atoms with van der Waals surface area (Å²) in [7, 11) is 1.58. The zero-order valence-electron chi connectivity index (χ0n) is 15.7. The summed E-state index contributed by atoms with van der Waals surface area (Å²) in [6, 6.07) is 14.7. The second-order valence-corrected chi connectivity index (χ2v) is 6.28. The van der Waals surface area contributed by atoms with Gasteiger partial charge >= 0.3 is 0 Å². The maximum Gasteiger partial charge on any atom is 0.250 e. The highest BCUT2D eigenvalue weighted by atomic mass is 16.5. The minimum absolute atomic E-state index is 0.105. The summed E-state index contributed by atoms with van der Waals surface area (Å²) in [4.78, 5) is 24.6. The normalized spacial score (nSPS) is 10.7. The maximum absolute atomic E-state index is 11.6. The highest BCUT2D eigenvalue weighted by molar-refractivity contribution is 5.94. The lowest BCUT2D eigenvalue weighted by Crippen LogP contribution is -2.15. The molecule has 4 aromatic rings. The standard InChI is InChI=1S/C22H18N4O3/c1-28-21-7-6-14(12-26-21)15-10-18-16(4-2-8-24-18)20(11-15)29-13-19-17(22(23)27)5-3-9-25-19/h2-12H,13H2,1H3,(H2,23,27). The average Bonchev–Trinajstić information content (AvgIpc) is 2.77. The van der Waals surface area contributed by atoms with E-state index in [9.17, 15) is 4.79 Å². The molecule has 0 atom stereocenters. The van der Waals surface area contributed by atoms with E-state index < -0.39 is 5.91 Å². The first-order chi connectivity index (χ1) is 14.2. The number of benzene rings is 1. The highest BCUT2D eigenvalue weighted by Crippen LogP contribution is 2.32. The van der Waals surface area contributed by atoms with E-state index in [0.717, 1.165) is 22.0 Å². The molecular formula is C22H18N4O3. The monoisotopic (exact) mass is 386 g/mol. The van der Waals surface area contributed by atoms with E-state index in [1.165, 1.54) is 0 Å². The molecule has 7 heteroatoms. The Hall–Kier alpha value is -4.00. The number of carbonyl (C=O) groups is 1. The van der Waals surface area contributed by atoms with Crippen LogP contribution in [0.1, 0.15) is 16.1 Å². The zero-order chi connectivity index (χ0) is 20.2. The SMILES string of the molecule is COc1ccc(-c2cc(OCc3ncccc3C(N)=O)c3cccnc3c2)cn1. The quantitative estimate of drug-likeness (QED) is 0.545. The minimum Gasteiger partial charge on any atom is -0.487 e. The van der Waals surface area contributed by atoms with Crippen molar-refractivity contribution in [3.05, 3.63) is 78.4 Å². The average molecular weight is 386 g/mol. The second-order valence-electron chi connectivity index (χ2n) is 6.28. The molecule has 0 fully saturated rings. The molecule has 144 valence electrons. The van der Waals surface area contributed by atoms with Crippen molar-refractivity contribution in [2.24, 2.45) is 5.73 Å². The Bertz CT molecular complexity index is 1180. The van der Waals surface area contributed by atoms with Gasteiger partial charge in [-0.2, -0.15) is 0 Å². The lowest BCUT2D eigenvalue weighted by molar-refractivity contribution is 0.0997. The van der Waals surface area contributed by atoms with Gasteiger partial charge in [-0.25, -0.2) is 4.98 Å². The van der Waals surface area contributed by atoms with Crippen LogP contribution in [0.4, 0.5) is 0 Å². The third-order valence-electron chi connectivity index (χ3n) is 4.48. The first-order valence-corrected chi connectivity index (χ1v) is 8.91. The van der Waals surface area contributed by atoms with Gasteiger partial charge < -0.3 is 15.2 Å². The fourth-order valence-electron chi connectivity index (χ4n) is 3.03. The van der Waals surface area contributed by atoms with E-state index in [4.69, 9.17) is 15.2 Å². The number of pyridine rings is 3. The van der Waals surface area contributed by atoms with Crippen molar-refractivity contribution in [3.8, 4) is 22.8 Å². The van der Waals surface area contributed by atoms with E-state index in [-0.39, 0.29) is 6.61 Å². The van der Waals surface area contributed by atoms with Crippen molar-refractivity contribution in [1.82, 2.24) is 15.0 Å². The van der Waals surface area contributed by atoms with E-state index in [1.54, 1.807) is 43.9 Å². The number of rotatable bonds is 6. The van der Waals surface area contributed by atoms with Gasteiger partial charge in [0.1, 0.15) is 12.4 Å². The first kappa shape index (κ1) is 18.4. The van der Waals surface area contributed by atoms with Gasteiger partial charge in [0.05, 0.1) is 23.9 Å². The topological polar surface area (TPSA) is 100 Å². The van der Waals surface area contributed by atoms with Crippen LogP contribution in [-0.2, 0) is 6.61 Å². The summed E-state index contributed by atoms with van der Waals surface area (Å²) in [5.41, 5.74) is 8.84. The lowest BCUT2D eigenvalue weighted by Gasteiger charge is -2.13. The number of nitrogens with two attached hydrogens (primary N) is 1. The molecule has 1 aromatic carbocycles. The molecule has 0 aliphatic rings. The minimum atomic E-state index is -0.540. The zero-order valence-corrected chi connectivity index (χ0v) is 15.7. The van der Waals surface area contributed by atoms with Crippen LogP contribution in [0.5, 0.6) is 11.6 Å². The van der Waals surface area contributed by atoms with Crippen LogP contribution in [0.3, 0.4) is 0 Å². The van der Waals surface area contributed by atoms with E-state index >= 15 is 0 Å². The summed E-state index contributed by atoms with van der Waals surface area (Å²) in [6.07, 6.45) is 5.06. The smallest absolute Gasteiger partial charge is 0.250 e. The highest BCUT2D eigenvalue weighted by Gasteiger charge is 2.12. The number of hydrogen-bond donors (Lipinski definition) is 1. The van der Waals surface area contributed by atoms with Crippen molar-refractivity contribution < 1.29 is 14.3 Å². The Morgan fingerprint density at radius 1 is 1.00 bits per heavy atom. The molecule has 0 unspecified atom stereocenters. The number of methoxy groups -OCH3 is 1. The number of aromatic nitrogens is 3. The van der Waals surface area contributed by atoms with E-state index in [1.807, 2.05) is 30.3 Å². The molecule has 0 spiro atoms. The molecule has 1 amide bonds. The number of hydrogen-bond acceptors (Lipinski definition) is 6. The molecular weight excluding hydrogens is 368 g/mol. The predicted molar refractivity (Wildman–Crippen MR) is 109 cm³/mol. The predicted octanol–water partition coefficient (Wildman–Crippen LogP) is 3.38. The molecule has 0 aliphatic carbocycles. The summed E-state index contributed by atoms with van der Waals surface area (Å²) >= 11 is 0. The first-order valence-electron chi connectivity index (χ1n) is 8.91. The molecule has 3 heterocycles. The molecule has 4 rings (SSSR count). The van der Waals surface area contributed by atoms with Gasteiger partial charge in [0.25, 0.3) is 5.91 Å². The summed E-state index contributed by atoms with van der Waals surface area (Å²) in [5, 5.41) is 0.856. The number of fused-ring (bicyclic) bond motifs is 1. The number of carbonyl (C=O) groups excluding carboxylic acids is 1. The van der Waals surface area contributed by atoms with Crippen LogP contribution >= 0.6 is 0 Å². The molecule has 0 saturated heterocycles. The summed E-state index contributed by atoms with van der Waals surface area (Å²) in [5.74, 6) is 0.627. The Balaban J connectivity index is 1.72. The van der Waals surface area contributed by atoms with Gasteiger partial charge in [-0.3, -0.25) is 14.8 Å². The van der Waals surface area contributed by atoms with Crippen molar-refractivity contribution in [1.29, 1.82) is 0 Å². The summed E-state index contributed by atoms with van der Waals surface area (Å²) in [6.45, 7) is 0.105. The number of amides is 1. The summed E-state index contributed by atoms with van der Waals surface area (Å²) < 4.78 is 11.2. The molecule has 29 heavy (non-hydrogen) atoms. The Morgan fingerprint density at radius 3 is 2.59 bits per heavy atom. The van der Waals surface area contributed by atoms with Gasteiger partial charge in [-0.15, -0.1) is 0 Å². The second kappa shape index (κ2) is 7.93. The molecule has 3 aromatic heterocycles. The van der Waals surface area contributed by atoms with Crippen LogP contribution < -0.4 is 15.2 Å². The molecule has 2 N–H and O–H groups in total. The molecule has 0 saturated carbocycles. The van der Waals surface area contributed by atoms with Crippen LogP contribution in [0.15, 0.2) is 67.1 Å². The molecule has 7 nitrogen and oxygen atoms in total. The van der Waals surface area contributed by atoms with Crippen LogP contribution in [0, 0.1) is 0 Å². The number of nitrogens with zero attached hydrogens (tertiary/aromatic N) is 3. The van der Waals surface area contributed by atoms with E-state index in [0.29, 0.717) is 22.9 Å². The number of primary amides is 1. The molecule has 0 bridgehead atoms. The largest absolute Gasteiger partial charge is 0.487 e. The van der Waals surface area contributed by atoms with Gasteiger partial charge in [-0.05, 0) is 48.0 Å². The Labute approximate surface area is 167 Å². The third-order valence-corrected chi connectivity index (χ3v) is 4.48. The fourth-order valence-corrected chi connectivity index (χ4v) is 3.03.